The second-order valence-electron chi connectivity index (χ2n) is 2.60. The molecule has 0 amide bonds. The Morgan fingerprint density at radius 3 is 2.69 bits per heavy atom. The molecule has 4 nitrogen and oxygen atoms in total. The van der Waals surface area contributed by atoms with E-state index in [2.05, 4.69) is 17.6 Å². The summed E-state index contributed by atoms with van der Waals surface area (Å²) >= 11 is 3.82. The van der Waals surface area contributed by atoms with E-state index in [0.717, 1.165) is 0 Å². The maximum Gasteiger partial charge on any atom is 0.139 e. The smallest absolute Gasteiger partial charge is 0.139 e. The number of aliphatic hydroxyl groups excluding tert-OH is 2. The normalized spacial score (nSPS) is 15.3. The topological polar surface area (TPSA) is 73.6 Å². The Morgan fingerprint density at radius 2 is 2.15 bits per heavy atom. The maximum atomic E-state index is 9.45. The maximum absolute atomic E-state index is 9.45. The molecule has 0 spiro atoms. The first-order valence-electron chi connectivity index (χ1n) is 3.77. The molecule has 1 rings (SSSR count). The molecule has 72 valence electrons. The zero-order valence-corrected chi connectivity index (χ0v) is 7.72. The van der Waals surface area contributed by atoms with Crippen LogP contribution in [0, 0.1) is 0 Å². The molecule has 0 saturated carbocycles. The van der Waals surface area contributed by atoms with Crippen molar-refractivity contribution in [3.8, 4) is 5.75 Å². The van der Waals surface area contributed by atoms with Crippen molar-refractivity contribution in [1.82, 2.24) is 4.98 Å². The van der Waals surface area contributed by atoms with E-state index in [-0.39, 0.29) is 17.2 Å². The molecule has 0 bridgehead atoms. The van der Waals surface area contributed by atoms with E-state index in [0.29, 0.717) is 0 Å². The van der Waals surface area contributed by atoms with Crippen LogP contribution in [0.3, 0.4) is 0 Å². The summed E-state index contributed by atoms with van der Waals surface area (Å²) in [5.74, 6) is -0.0205. The van der Waals surface area contributed by atoms with Gasteiger partial charge in [0, 0.05) is 11.9 Å². The minimum atomic E-state index is -1.20. The molecule has 0 aliphatic carbocycles. The largest absolute Gasteiger partial charge is 0.506 e. The van der Waals surface area contributed by atoms with Gasteiger partial charge >= 0.3 is 0 Å². The number of hydrogen-bond donors (Lipinski definition) is 4. The van der Waals surface area contributed by atoms with Gasteiger partial charge in [0.1, 0.15) is 17.5 Å². The van der Waals surface area contributed by atoms with Crippen LogP contribution < -0.4 is 0 Å². The van der Waals surface area contributed by atoms with Gasteiger partial charge in [0.2, 0.25) is 0 Å². The Balaban J connectivity index is 2.88. The fraction of sp³-hybridized carbons (Fsp3) is 0.375. The van der Waals surface area contributed by atoms with E-state index in [4.69, 9.17) is 0 Å². The fourth-order valence-electron chi connectivity index (χ4n) is 0.919. The van der Waals surface area contributed by atoms with Crippen LogP contribution in [0.4, 0.5) is 0 Å². The van der Waals surface area contributed by atoms with Gasteiger partial charge < -0.3 is 15.3 Å². The first kappa shape index (κ1) is 10.3. The van der Waals surface area contributed by atoms with E-state index in [1.54, 1.807) is 6.07 Å². The van der Waals surface area contributed by atoms with Crippen LogP contribution in [0.2, 0.25) is 0 Å². The molecule has 1 aromatic heterocycles. The monoisotopic (exact) mass is 201 g/mol. The first-order chi connectivity index (χ1) is 6.16. The van der Waals surface area contributed by atoms with Crippen molar-refractivity contribution < 1.29 is 15.3 Å². The van der Waals surface area contributed by atoms with Crippen molar-refractivity contribution in [1.29, 1.82) is 0 Å². The molecule has 3 N–H and O–H groups in total. The van der Waals surface area contributed by atoms with Gasteiger partial charge in [-0.05, 0) is 12.1 Å². The summed E-state index contributed by atoms with van der Waals surface area (Å²) in [6.45, 7) is 0. The fourth-order valence-corrected chi connectivity index (χ4v) is 1.12. The lowest BCUT2D eigenvalue weighted by molar-refractivity contribution is 0.0294. The summed E-state index contributed by atoms with van der Waals surface area (Å²) in [5, 5.41) is 27.9. The molecular formula is C8H11NO3S. The van der Waals surface area contributed by atoms with E-state index >= 15 is 0 Å². The Bertz CT molecular complexity index is 282. The molecule has 0 aromatic carbocycles. The van der Waals surface area contributed by atoms with Crippen LogP contribution in [0.25, 0.3) is 0 Å². The minimum absolute atomic E-state index is 0.0732. The van der Waals surface area contributed by atoms with Gasteiger partial charge in [-0.25, -0.2) is 0 Å². The highest BCUT2D eigenvalue weighted by Gasteiger charge is 2.20. The van der Waals surface area contributed by atoms with Gasteiger partial charge in [0.15, 0.2) is 0 Å². The molecule has 13 heavy (non-hydrogen) atoms. The Labute approximate surface area is 81.3 Å². The van der Waals surface area contributed by atoms with E-state index in [1.165, 1.54) is 12.3 Å². The molecule has 0 saturated heterocycles. The van der Waals surface area contributed by atoms with Gasteiger partial charge in [-0.2, -0.15) is 12.6 Å². The lowest BCUT2D eigenvalue weighted by Crippen LogP contribution is -2.20. The van der Waals surface area contributed by atoms with Crippen LogP contribution in [-0.2, 0) is 0 Å². The quantitative estimate of drug-likeness (QED) is 0.524. The SMILES string of the molecule is Oc1cccnc1C(O)C(O)CS. The summed E-state index contributed by atoms with van der Waals surface area (Å²) in [7, 11) is 0. The van der Waals surface area contributed by atoms with Crippen LogP contribution in [0.1, 0.15) is 11.8 Å². The van der Waals surface area contributed by atoms with Gasteiger partial charge in [-0.3, -0.25) is 4.98 Å². The highest BCUT2D eigenvalue weighted by molar-refractivity contribution is 7.80. The predicted octanol–water partition coefficient (Wildman–Crippen LogP) is 0.111. The second kappa shape index (κ2) is 4.45. The van der Waals surface area contributed by atoms with Crippen molar-refractivity contribution in [3.05, 3.63) is 24.0 Å². The lowest BCUT2D eigenvalue weighted by atomic mass is 10.1. The van der Waals surface area contributed by atoms with Crippen LogP contribution in [0.15, 0.2) is 18.3 Å². The van der Waals surface area contributed by atoms with E-state index < -0.39 is 12.2 Å². The van der Waals surface area contributed by atoms with Crippen LogP contribution in [-0.4, -0.2) is 32.2 Å². The first-order valence-corrected chi connectivity index (χ1v) is 4.41. The van der Waals surface area contributed by atoms with Crippen molar-refractivity contribution in [2.24, 2.45) is 0 Å². The highest BCUT2D eigenvalue weighted by Crippen LogP contribution is 2.23. The molecule has 0 radical (unpaired) electrons. The molecule has 2 atom stereocenters. The van der Waals surface area contributed by atoms with Crippen LogP contribution >= 0.6 is 12.6 Å². The van der Waals surface area contributed by atoms with Crippen molar-refractivity contribution in [2.45, 2.75) is 12.2 Å². The van der Waals surface area contributed by atoms with Crippen molar-refractivity contribution in [3.63, 3.8) is 0 Å². The zero-order valence-electron chi connectivity index (χ0n) is 6.83. The lowest BCUT2D eigenvalue weighted by Gasteiger charge is -2.15. The van der Waals surface area contributed by atoms with Gasteiger partial charge in [-0.15, -0.1) is 0 Å². The summed E-state index contributed by atoms with van der Waals surface area (Å²) < 4.78 is 0. The third kappa shape index (κ3) is 2.33. The summed E-state index contributed by atoms with van der Waals surface area (Å²) in [6.07, 6.45) is -0.786. The molecule has 1 heterocycles. The van der Waals surface area contributed by atoms with Gasteiger partial charge in [0.05, 0.1) is 6.10 Å². The second-order valence-corrected chi connectivity index (χ2v) is 2.97. The third-order valence-electron chi connectivity index (χ3n) is 1.65. The van der Waals surface area contributed by atoms with E-state index in [1.807, 2.05) is 0 Å². The average molecular weight is 201 g/mol. The molecule has 0 fully saturated rings. The molecule has 1 aromatic rings. The number of thiol groups is 1. The van der Waals surface area contributed by atoms with Gasteiger partial charge in [-0.1, -0.05) is 0 Å². The van der Waals surface area contributed by atoms with Crippen molar-refractivity contribution >= 4 is 12.6 Å². The zero-order chi connectivity index (χ0) is 9.84. The van der Waals surface area contributed by atoms with Gasteiger partial charge in [0.25, 0.3) is 0 Å². The number of nitrogens with zero attached hydrogens (tertiary/aromatic N) is 1. The standard InChI is InChI=1S/C8H11NO3S/c10-5-2-1-3-9-7(5)8(12)6(11)4-13/h1-3,6,8,10-13H,4H2. The molecule has 0 aliphatic rings. The number of aromatic hydroxyl groups is 1. The predicted molar refractivity (Wildman–Crippen MR) is 50.7 cm³/mol. The number of aliphatic hydroxyl groups is 2. The number of hydrogen-bond acceptors (Lipinski definition) is 5. The van der Waals surface area contributed by atoms with Crippen molar-refractivity contribution in [2.75, 3.05) is 5.75 Å². The molecule has 2 unspecified atom stereocenters. The number of pyridine rings is 1. The molecule has 0 aliphatic heterocycles. The third-order valence-corrected chi connectivity index (χ3v) is 2.02. The minimum Gasteiger partial charge on any atom is -0.506 e. The Kier molecular flexibility index (Phi) is 3.53. The van der Waals surface area contributed by atoms with Crippen LogP contribution in [0.5, 0.6) is 5.75 Å². The number of aromatic nitrogens is 1. The molecular weight excluding hydrogens is 190 g/mol. The average Bonchev–Trinajstić information content (AvgIpc) is 2.16. The summed E-state index contributed by atoms with van der Waals surface area (Å²) in [4.78, 5) is 3.75. The number of rotatable bonds is 3. The van der Waals surface area contributed by atoms with E-state index in [9.17, 15) is 15.3 Å². The summed E-state index contributed by atoms with van der Waals surface area (Å²) in [6, 6.07) is 2.94. The summed E-state index contributed by atoms with van der Waals surface area (Å²) in [5.41, 5.74) is 0.0732. The highest BCUT2D eigenvalue weighted by atomic mass is 32.1. The molecule has 5 heteroatoms. The Hall–Kier alpha value is -0.780. The Morgan fingerprint density at radius 1 is 1.46 bits per heavy atom.